The number of hydrogen-bond donors (Lipinski definition) is 4. The Morgan fingerprint density at radius 1 is 0.964 bits per heavy atom. The number of ether oxygens (including phenoxy) is 1. The monoisotopic (exact) mass is 450 g/mol. The standard InChI is InChI=1S/C22H27BrO5/c1-3-13-4-6-14(7-5-13)9-15-10-16(12(2)8-17(15)23)22-21(27)20(26)19(25)18(11-24)28-22/h4-8,10,18-22,24-27H,3,9,11H2,1-2H3/t18?,19-,20+,21-,22+/m1/s1. The number of hydrogen-bond acceptors (Lipinski definition) is 5. The van der Waals surface area contributed by atoms with Crippen LogP contribution < -0.4 is 0 Å². The average molecular weight is 451 g/mol. The van der Waals surface area contributed by atoms with Crippen LogP contribution in [0.3, 0.4) is 0 Å². The van der Waals surface area contributed by atoms with Crippen LogP contribution in [0.5, 0.6) is 0 Å². The predicted octanol–water partition coefficient (Wildman–Crippen LogP) is 2.43. The Balaban J connectivity index is 1.92. The molecule has 3 rings (SSSR count). The number of benzene rings is 2. The molecule has 1 fully saturated rings. The average Bonchev–Trinajstić information content (AvgIpc) is 2.69. The number of aliphatic hydroxyl groups excluding tert-OH is 4. The lowest BCUT2D eigenvalue weighted by molar-refractivity contribution is -0.231. The zero-order valence-corrected chi connectivity index (χ0v) is 17.6. The minimum Gasteiger partial charge on any atom is -0.394 e. The molecule has 4 N–H and O–H groups in total. The third-order valence-electron chi connectivity index (χ3n) is 5.46. The smallest absolute Gasteiger partial charge is 0.113 e. The summed E-state index contributed by atoms with van der Waals surface area (Å²) in [4.78, 5) is 0. The third-order valence-corrected chi connectivity index (χ3v) is 6.20. The molecule has 0 bridgehead atoms. The molecule has 5 atom stereocenters. The molecule has 0 aliphatic carbocycles. The van der Waals surface area contributed by atoms with Gasteiger partial charge in [0.1, 0.15) is 30.5 Å². The quantitative estimate of drug-likeness (QED) is 0.561. The third kappa shape index (κ3) is 4.32. The molecule has 1 heterocycles. The van der Waals surface area contributed by atoms with E-state index in [-0.39, 0.29) is 0 Å². The van der Waals surface area contributed by atoms with Crippen molar-refractivity contribution >= 4 is 15.9 Å². The summed E-state index contributed by atoms with van der Waals surface area (Å²) in [5, 5.41) is 40.1. The van der Waals surface area contributed by atoms with E-state index in [4.69, 9.17) is 4.74 Å². The van der Waals surface area contributed by atoms with Crippen molar-refractivity contribution in [3.63, 3.8) is 0 Å². The van der Waals surface area contributed by atoms with Crippen LogP contribution in [-0.2, 0) is 17.6 Å². The van der Waals surface area contributed by atoms with E-state index in [0.717, 1.165) is 27.6 Å². The van der Waals surface area contributed by atoms with Gasteiger partial charge in [0.15, 0.2) is 0 Å². The Labute approximate surface area is 173 Å². The summed E-state index contributed by atoms with van der Waals surface area (Å²) in [6.07, 6.45) is -4.08. The van der Waals surface area contributed by atoms with Crippen LogP contribution in [0.2, 0.25) is 0 Å². The SMILES string of the molecule is CCc1ccc(Cc2cc([C@@H]3OC(CO)[C@@H](O)[C@H](O)[C@H]3O)c(C)cc2Br)cc1. The van der Waals surface area contributed by atoms with Gasteiger partial charge in [-0.1, -0.05) is 53.2 Å². The fourth-order valence-corrected chi connectivity index (χ4v) is 4.25. The molecule has 28 heavy (non-hydrogen) atoms. The molecule has 0 aromatic heterocycles. The van der Waals surface area contributed by atoms with Crippen molar-refractivity contribution in [3.8, 4) is 0 Å². The maximum absolute atomic E-state index is 10.5. The van der Waals surface area contributed by atoms with Crippen LogP contribution in [0.4, 0.5) is 0 Å². The maximum Gasteiger partial charge on any atom is 0.113 e. The molecule has 0 saturated carbocycles. The van der Waals surface area contributed by atoms with E-state index in [0.29, 0.717) is 6.42 Å². The first-order valence-electron chi connectivity index (χ1n) is 9.53. The van der Waals surface area contributed by atoms with Crippen LogP contribution in [-0.4, -0.2) is 51.4 Å². The molecule has 0 amide bonds. The fraction of sp³-hybridized carbons (Fsp3) is 0.455. The molecule has 2 aromatic rings. The Morgan fingerprint density at radius 2 is 1.61 bits per heavy atom. The van der Waals surface area contributed by atoms with E-state index in [2.05, 4.69) is 47.1 Å². The number of halogens is 1. The minimum atomic E-state index is -1.39. The molecule has 1 aliphatic heterocycles. The van der Waals surface area contributed by atoms with E-state index in [9.17, 15) is 20.4 Å². The lowest BCUT2D eigenvalue weighted by atomic mass is 9.88. The first kappa shape index (κ1) is 21.4. The Hall–Kier alpha value is -1.28. The van der Waals surface area contributed by atoms with E-state index >= 15 is 0 Å². The van der Waals surface area contributed by atoms with Gasteiger partial charge < -0.3 is 25.2 Å². The van der Waals surface area contributed by atoms with Crippen LogP contribution in [0, 0.1) is 6.92 Å². The highest BCUT2D eigenvalue weighted by atomic mass is 79.9. The second kappa shape index (κ2) is 9.03. The van der Waals surface area contributed by atoms with E-state index in [1.807, 2.05) is 19.1 Å². The maximum atomic E-state index is 10.5. The molecule has 0 spiro atoms. The molecule has 5 nitrogen and oxygen atoms in total. The van der Waals surface area contributed by atoms with Gasteiger partial charge >= 0.3 is 0 Å². The summed E-state index contributed by atoms with van der Waals surface area (Å²) in [5.74, 6) is 0. The highest BCUT2D eigenvalue weighted by molar-refractivity contribution is 9.10. The highest BCUT2D eigenvalue weighted by Gasteiger charge is 2.44. The van der Waals surface area contributed by atoms with Crippen molar-refractivity contribution in [3.05, 3.63) is 68.7 Å². The molecular weight excluding hydrogens is 424 g/mol. The summed E-state index contributed by atoms with van der Waals surface area (Å²) in [6, 6.07) is 12.4. The van der Waals surface area contributed by atoms with Gasteiger partial charge in [0.2, 0.25) is 0 Å². The Bertz CT molecular complexity index is 805. The van der Waals surface area contributed by atoms with Gasteiger partial charge in [0, 0.05) is 4.47 Å². The second-order valence-electron chi connectivity index (χ2n) is 7.40. The van der Waals surface area contributed by atoms with Crippen molar-refractivity contribution in [1.82, 2.24) is 0 Å². The molecule has 1 saturated heterocycles. The van der Waals surface area contributed by atoms with Gasteiger partial charge in [-0.3, -0.25) is 0 Å². The number of rotatable bonds is 5. The summed E-state index contributed by atoms with van der Waals surface area (Å²) < 4.78 is 6.70. The van der Waals surface area contributed by atoms with Crippen molar-refractivity contribution in [2.45, 2.75) is 57.2 Å². The molecule has 2 aromatic carbocycles. The molecule has 6 heteroatoms. The minimum absolute atomic E-state index is 0.437. The Morgan fingerprint density at radius 3 is 2.21 bits per heavy atom. The topological polar surface area (TPSA) is 90.2 Å². The predicted molar refractivity (Wildman–Crippen MR) is 110 cm³/mol. The number of aryl methyl sites for hydroxylation is 2. The summed E-state index contributed by atoms with van der Waals surface area (Å²) in [5.41, 5.74) is 5.11. The lowest BCUT2D eigenvalue weighted by Gasteiger charge is -2.40. The van der Waals surface area contributed by atoms with Crippen LogP contribution >= 0.6 is 15.9 Å². The fourth-order valence-electron chi connectivity index (χ4n) is 3.65. The van der Waals surface area contributed by atoms with Crippen molar-refractivity contribution in [2.75, 3.05) is 6.61 Å². The first-order valence-corrected chi connectivity index (χ1v) is 10.3. The van der Waals surface area contributed by atoms with Gasteiger partial charge in [0.25, 0.3) is 0 Å². The zero-order chi connectivity index (χ0) is 20.4. The normalized spacial score (nSPS) is 27.8. The first-order chi connectivity index (χ1) is 13.3. The van der Waals surface area contributed by atoms with Gasteiger partial charge in [-0.05, 0) is 53.6 Å². The van der Waals surface area contributed by atoms with Crippen LogP contribution in [0.1, 0.15) is 40.8 Å². The van der Waals surface area contributed by atoms with Crippen LogP contribution in [0.15, 0.2) is 40.9 Å². The Kier molecular flexibility index (Phi) is 6.91. The summed E-state index contributed by atoms with van der Waals surface area (Å²) in [6.45, 7) is 3.59. The highest BCUT2D eigenvalue weighted by Crippen LogP contribution is 2.36. The zero-order valence-electron chi connectivity index (χ0n) is 16.0. The van der Waals surface area contributed by atoms with Crippen molar-refractivity contribution < 1.29 is 25.2 Å². The van der Waals surface area contributed by atoms with Gasteiger partial charge in [0.05, 0.1) is 6.61 Å². The van der Waals surface area contributed by atoms with Gasteiger partial charge in [-0.25, -0.2) is 0 Å². The largest absolute Gasteiger partial charge is 0.394 e. The molecular formula is C22H27BrO5. The molecule has 0 radical (unpaired) electrons. The summed E-state index contributed by atoms with van der Waals surface area (Å²) >= 11 is 3.62. The summed E-state index contributed by atoms with van der Waals surface area (Å²) in [7, 11) is 0. The van der Waals surface area contributed by atoms with Gasteiger partial charge in [-0.15, -0.1) is 0 Å². The van der Waals surface area contributed by atoms with Crippen molar-refractivity contribution in [2.24, 2.45) is 0 Å². The molecule has 152 valence electrons. The number of aliphatic hydroxyl groups is 4. The van der Waals surface area contributed by atoms with Crippen molar-refractivity contribution in [1.29, 1.82) is 0 Å². The van der Waals surface area contributed by atoms with E-state index in [1.165, 1.54) is 11.1 Å². The van der Waals surface area contributed by atoms with E-state index in [1.54, 1.807) is 0 Å². The van der Waals surface area contributed by atoms with Crippen LogP contribution in [0.25, 0.3) is 0 Å². The molecule has 1 aliphatic rings. The van der Waals surface area contributed by atoms with E-state index < -0.39 is 37.1 Å². The molecule has 1 unspecified atom stereocenters. The van der Waals surface area contributed by atoms with Gasteiger partial charge in [-0.2, -0.15) is 0 Å². The second-order valence-corrected chi connectivity index (χ2v) is 8.25. The lowest BCUT2D eigenvalue weighted by Crippen LogP contribution is -2.55.